The molecule has 0 amide bonds. The molecule has 1 fully saturated rings. The summed E-state index contributed by atoms with van der Waals surface area (Å²) in [5.41, 5.74) is 5.60. The number of alkyl halides is 2. The molecule has 1 aliphatic rings. The van der Waals surface area contributed by atoms with E-state index in [0.717, 1.165) is 0 Å². The molecule has 0 spiro atoms. The summed E-state index contributed by atoms with van der Waals surface area (Å²) >= 11 is 0. The average molecular weight is 270 g/mol. The van der Waals surface area contributed by atoms with Gasteiger partial charge in [0.2, 0.25) is 0 Å². The van der Waals surface area contributed by atoms with E-state index in [2.05, 4.69) is 0 Å². The second kappa shape index (κ2) is 5.94. The van der Waals surface area contributed by atoms with Crippen LogP contribution in [0.25, 0.3) is 0 Å². The number of morpholine rings is 1. The van der Waals surface area contributed by atoms with Crippen molar-refractivity contribution in [1.29, 1.82) is 0 Å². The number of benzene rings is 1. The minimum absolute atomic E-state index is 0.0163. The molecular formula is C14H20F2N2O. The lowest BCUT2D eigenvalue weighted by molar-refractivity contribution is -0.103. The Hall–Kier alpha value is -1.04. The zero-order valence-electron chi connectivity index (χ0n) is 11.1. The Kier molecular flexibility index (Phi) is 4.50. The van der Waals surface area contributed by atoms with E-state index in [1.165, 1.54) is 12.1 Å². The first-order chi connectivity index (χ1) is 9.03. The molecule has 0 aromatic heterocycles. The number of rotatable bonds is 4. The van der Waals surface area contributed by atoms with Gasteiger partial charge in [0.15, 0.2) is 0 Å². The van der Waals surface area contributed by atoms with Gasteiger partial charge in [0, 0.05) is 24.7 Å². The minimum atomic E-state index is -2.86. The number of ether oxygens (including phenoxy) is 1. The van der Waals surface area contributed by atoms with E-state index in [4.69, 9.17) is 10.5 Å². The molecule has 0 bridgehead atoms. The number of halogens is 2. The third-order valence-electron chi connectivity index (χ3n) is 3.50. The van der Waals surface area contributed by atoms with Crippen molar-refractivity contribution in [2.75, 3.05) is 26.2 Å². The second-order valence-electron chi connectivity index (χ2n) is 5.04. The number of nitrogens with zero attached hydrogens (tertiary/aromatic N) is 1. The quantitative estimate of drug-likeness (QED) is 0.907. The summed E-state index contributed by atoms with van der Waals surface area (Å²) in [6.07, 6.45) is -0.150. The normalized spacial score (nSPS) is 25.5. The average Bonchev–Trinajstić information content (AvgIpc) is 2.42. The van der Waals surface area contributed by atoms with Crippen LogP contribution >= 0.6 is 0 Å². The molecule has 1 saturated heterocycles. The van der Waals surface area contributed by atoms with Crippen molar-refractivity contribution < 1.29 is 13.5 Å². The third-order valence-corrected chi connectivity index (χ3v) is 3.50. The van der Waals surface area contributed by atoms with E-state index in [0.29, 0.717) is 19.7 Å². The summed E-state index contributed by atoms with van der Waals surface area (Å²) in [6, 6.07) is 7.92. The van der Waals surface area contributed by atoms with Crippen molar-refractivity contribution in [3.8, 4) is 0 Å². The molecule has 1 aliphatic heterocycles. The molecule has 3 nitrogen and oxygen atoms in total. The summed E-state index contributed by atoms with van der Waals surface area (Å²) in [7, 11) is 0. The predicted molar refractivity (Wildman–Crippen MR) is 70.2 cm³/mol. The highest BCUT2D eigenvalue weighted by Crippen LogP contribution is 2.30. The van der Waals surface area contributed by atoms with E-state index >= 15 is 0 Å². The van der Waals surface area contributed by atoms with Crippen molar-refractivity contribution in [2.24, 2.45) is 5.73 Å². The van der Waals surface area contributed by atoms with Crippen LogP contribution in [-0.2, 0) is 10.7 Å². The molecule has 2 N–H and O–H groups in total. The van der Waals surface area contributed by atoms with Gasteiger partial charge in [-0.15, -0.1) is 0 Å². The van der Waals surface area contributed by atoms with Crippen molar-refractivity contribution in [2.45, 2.75) is 25.0 Å². The molecule has 2 rings (SSSR count). The van der Waals surface area contributed by atoms with Crippen molar-refractivity contribution in [3.63, 3.8) is 0 Å². The third kappa shape index (κ3) is 3.49. The van der Waals surface area contributed by atoms with Crippen LogP contribution in [-0.4, -0.2) is 43.3 Å². The maximum Gasteiger partial charge on any atom is 0.285 e. The van der Waals surface area contributed by atoms with E-state index in [9.17, 15) is 8.78 Å². The van der Waals surface area contributed by atoms with Gasteiger partial charge in [0.1, 0.15) is 0 Å². The largest absolute Gasteiger partial charge is 0.374 e. The summed E-state index contributed by atoms with van der Waals surface area (Å²) < 4.78 is 33.9. The summed E-state index contributed by atoms with van der Waals surface area (Å²) in [5.74, 6) is -2.86. The lowest BCUT2D eigenvalue weighted by Crippen LogP contribution is -2.53. The van der Waals surface area contributed by atoms with E-state index in [-0.39, 0.29) is 24.3 Å². The van der Waals surface area contributed by atoms with Gasteiger partial charge >= 0.3 is 0 Å². The Morgan fingerprint density at radius 1 is 1.37 bits per heavy atom. The molecule has 1 heterocycles. The van der Waals surface area contributed by atoms with Crippen LogP contribution in [0.15, 0.2) is 30.3 Å². The van der Waals surface area contributed by atoms with Crippen LogP contribution in [0.2, 0.25) is 0 Å². The Morgan fingerprint density at radius 3 is 2.68 bits per heavy atom. The maximum atomic E-state index is 14.2. The Labute approximate surface area is 112 Å². The molecule has 1 aromatic rings. The Morgan fingerprint density at radius 2 is 2.05 bits per heavy atom. The molecule has 0 radical (unpaired) electrons. The Balaban J connectivity index is 2.06. The van der Waals surface area contributed by atoms with Gasteiger partial charge in [-0.3, -0.25) is 4.90 Å². The highest BCUT2D eigenvalue weighted by Gasteiger charge is 2.37. The summed E-state index contributed by atoms with van der Waals surface area (Å²) in [4.78, 5) is 1.76. The minimum Gasteiger partial charge on any atom is -0.374 e. The van der Waals surface area contributed by atoms with Crippen LogP contribution in [0.4, 0.5) is 8.78 Å². The van der Waals surface area contributed by atoms with Crippen molar-refractivity contribution >= 4 is 0 Å². The fourth-order valence-electron chi connectivity index (χ4n) is 2.27. The molecule has 0 aliphatic carbocycles. The van der Waals surface area contributed by atoms with Crippen LogP contribution in [0, 0.1) is 0 Å². The fourth-order valence-corrected chi connectivity index (χ4v) is 2.27. The highest BCUT2D eigenvalue weighted by molar-refractivity contribution is 5.20. The topological polar surface area (TPSA) is 38.5 Å². The predicted octanol–water partition coefficient (Wildman–Crippen LogP) is 1.83. The smallest absolute Gasteiger partial charge is 0.285 e. The standard InChI is InChI=1S/C14H20F2N2O/c1-11-9-19-13(7-17)8-18(11)10-14(15,16)12-5-3-2-4-6-12/h2-6,11,13H,7-10,17H2,1H3. The van der Waals surface area contributed by atoms with Crippen LogP contribution in [0.1, 0.15) is 12.5 Å². The number of hydrogen-bond donors (Lipinski definition) is 1. The molecule has 19 heavy (non-hydrogen) atoms. The molecule has 0 saturated carbocycles. The lowest BCUT2D eigenvalue weighted by Gasteiger charge is -2.39. The molecular weight excluding hydrogens is 250 g/mol. The van der Waals surface area contributed by atoms with E-state index in [1.54, 1.807) is 23.1 Å². The maximum absolute atomic E-state index is 14.2. The first kappa shape index (κ1) is 14.4. The van der Waals surface area contributed by atoms with Gasteiger partial charge in [0.25, 0.3) is 5.92 Å². The highest BCUT2D eigenvalue weighted by atomic mass is 19.3. The molecule has 1 aromatic carbocycles. The van der Waals surface area contributed by atoms with Gasteiger partial charge in [-0.25, -0.2) is 0 Å². The van der Waals surface area contributed by atoms with Crippen LogP contribution in [0.3, 0.4) is 0 Å². The van der Waals surface area contributed by atoms with Crippen LogP contribution < -0.4 is 5.73 Å². The van der Waals surface area contributed by atoms with Gasteiger partial charge in [0.05, 0.1) is 19.3 Å². The van der Waals surface area contributed by atoms with E-state index in [1.807, 2.05) is 6.92 Å². The SMILES string of the molecule is CC1COC(CN)CN1CC(F)(F)c1ccccc1. The lowest BCUT2D eigenvalue weighted by atomic mass is 10.1. The molecule has 2 unspecified atom stereocenters. The van der Waals surface area contributed by atoms with Crippen molar-refractivity contribution in [3.05, 3.63) is 35.9 Å². The molecule has 106 valence electrons. The number of hydrogen-bond acceptors (Lipinski definition) is 3. The first-order valence-corrected chi connectivity index (χ1v) is 6.52. The summed E-state index contributed by atoms with van der Waals surface area (Å²) in [6.45, 7) is 2.87. The van der Waals surface area contributed by atoms with Gasteiger partial charge < -0.3 is 10.5 Å². The van der Waals surface area contributed by atoms with Gasteiger partial charge in [-0.2, -0.15) is 8.78 Å². The molecule has 5 heteroatoms. The zero-order valence-corrected chi connectivity index (χ0v) is 11.1. The first-order valence-electron chi connectivity index (χ1n) is 6.52. The van der Waals surface area contributed by atoms with Crippen LogP contribution in [0.5, 0.6) is 0 Å². The fraction of sp³-hybridized carbons (Fsp3) is 0.571. The zero-order chi connectivity index (χ0) is 13.9. The summed E-state index contributed by atoms with van der Waals surface area (Å²) in [5, 5.41) is 0. The Bertz CT molecular complexity index is 400. The second-order valence-corrected chi connectivity index (χ2v) is 5.04. The van der Waals surface area contributed by atoms with Gasteiger partial charge in [-0.05, 0) is 6.92 Å². The monoisotopic (exact) mass is 270 g/mol. The van der Waals surface area contributed by atoms with E-state index < -0.39 is 5.92 Å². The molecule has 2 atom stereocenters. The van der Waals surface area contributed by atoms with Gasteiger partial charge in [-0.1, -0.05) is 30.3 Å². The number of nitrogens with two attached hydrogens (primary N) is 1. The van der Waals surface area contributed by atoms with Crippen molar-refractivity contribution in [1.82, 2.24) is 4.90 Å².